The summed E-state index contributed by atoms with van der Waals surface area (Å²) >= 11 is 6.13. The lowest BCUT2D eigenvalue weighted by atomic mass is 9.94. The van der Waals surface area contributed by atoms with Gasteiger partial charge < -0.3 is 15.8 Å². The van der Waals surface area contributed by atoms with Gasteiger partial charge in [-0.3, -0.25) is 9.52 Å². The molecule has 4 N–H and O–H groups in total. The molecule has 0 unspecified atom stereocenters. The van der Waals surface area contributed by atoms with Crippen molar-refractivity contribution in [2.75, 3.05) is 18.4 Å². The first kappa shape index (κ1) is 29.2. The fourth-order valence-corrected chi connectivity index (χ4v) is 5.87. The molecule has 0 aliphatic rings. The van der Waals surface area contributed by atoms with Crippen LogP contribution >= 0.6 is 11.6 Å². The highest BCUT2D eigenvalue weighted by Gasteiger charge is 2.24. The Bertz CT molecular complexity index is 1460. The van der Waals surface area contributed by atoms with Gasteiger partial charge in [0.1, 0.15) is 6.04 Å². The van der Waals surface area contributed by atoms with Crippen molar-refractivity contribution in [3.05, 3.63) is 81.4 Å². The Morgan fingerprint density at radius 3 is 2.21 bits per heavy atom. The number of anilines is 1. The van der Waals surface area contributed by atoms with Crippen LogP contribution in [-0.2, 0) is 19.6 Å². The first-order valence-electron chi connectivity index (χ1n) is 12.0. The zero-order chi connectivity index (χ0) is 28.2. The van der Waals surface area contributed by atoms with Crippen LogP contribution < -0.4 is 15.8 Å². The maximum absolute atomic E-state index is 13.1. The quantitative estimate of drug-likeness (QED) is 0.328. The van der Waals surface area contributed by atoms with Gasteiger partial charge in [-0.2, -0.15) is 0 Å². The van der Waals surface area contributed by atoms with Gasteiger partial charge in [0.2, 0.25) is 0 Å². The molecule has 0 spiro atoms. The molecule has 8 nitrogen and oxygen atoms in total. The molecule has 3 aromatic rings. The summed E-state index contributed by atoms with van der Waals surface area (Å²) in [4.78, 5) is 25.2. The van der Waals surface area contributed by atoms with E-state index in [-0.39, 0.29) is 17.9 Å². The Kier molecular flexibility index (Phi) is 9.19. The number of methoxy groups -OCH3 is 1. The largest absolute Gasteiger partial charge is 0.467 e. The van der Waals surface area contributed by atoms with Crippen molar-refractivity contribution in [2.24, 2.45) is 5.73 Å². The molecule has 3 rings (SSSR count). The lowest BCUT2D eigenvalue weighted by Crippen LogP contribution is -2.43. The Balaban J connectivity index is 1.90. The van der Waals surface area contributed by atoms with E-state index in [0.29, 0.717) is 38.5 Å². The van der Waals surface area contributed by atoms with Gasteiger partial charge in [-0.15, -0.1) is 0 Å². The van der Waals surface area contributed by atoms with Gasteiger partial charge in [-0.05, 0) is 98.3 Å². The summed E-state index contributed by atoms with van der Waals surface area (Å²) in [5, 5.41) is 3.22. The number of rotatable bonds is 9. The fraction of sp³-hybridized carbons (Fsp3) is 0.286. The van der Waals surface area contributed by atoms with Crippen LogP contribution in [0.4, 0.5) is 5.69 Å². The van der Waals surface area contributed by atoms with Crippen molar-refractivity contribution < 1.29 is 22.7 Å². The molecule has 10 heteroatoms. The number of aryl methyl sites for hydroxylation is 4. The molecular weight excluding hydrogens is 526 g/mol. The molecule has 0 radical (unpaired) electrons. The zero-order valence-corrected chi connectivity index (χ0v) is 23.6. The Labute approximate surface area is 228 Å². The lowest BCUT2D eigenvalue weighted by Gasteiger charge is -2.18. The molecule has 0 bridgehead atoms. The van der Waals surface area contributed by atoms with Crippen LogP contribution in [0.3, 0.4) is 0 Å². The number of hydrogen-bond acceptors (Lipinski definition) is 6. The zero-order valence-electron chi connectivity index (χ0n) is 22.0. The van der Waals surface area contributed by atoms with E-state index in [9.17, 15) is 18.0 Å². The summed E-state index contributed by atoms with van der Waals surface area (Å²) in [6, 6.07) is 13.1. The molecule has 0 aliphatic heterocycles. The summed E-state index contributed by atoms with van der Waals surface area (Å²) in [6.45, 7) is 7.28. The standard InChI is InChI=1S/C28H32ClN3O5S/c1-16-14-25(17(2)13-23(16)29)38(35,36)32-22-8-6-7-20(15-22)21-11-18(3)26(19(4)12-21)27(33)31-24(9-10-30)28(34)37-5/h6-8,11-15,24,32H,9-10,30H2,1-5H3,(H,31,33)/t24-/m0/s1. The number of carbonyl (C=O) groups excluding carboxylic acids is 2. The van der Waals surface area contributed by atoms with Crippen LogP contribution in [0.25, 0.3) is 11.1 Å². The van der Waals surface area contributed by atoms with E-state index in [2.05, 4.69) is 10.0 Å². The van der Waals surface area contributed by atoms with Crippen molar-refractivity contribution in [3.63, 3.8) is 0 Å². The number of hydrogen-bond donors (Lipinski definition) is 3. The number of nitrogens with two attached hydrogens (primary N) is 1. The van der Waals surface area contributed by atoms with E-state index in [0.717, 1.165) is 11.1 Å². The number of ether oxygens (including phenoxy) is 1. The molecule has 0 aliphatic carbocycles. The minimum absolute atomic E-state index is 0.159. The molecule has 0 heterocycles. The average Bonchev–Trinajstić information content (AvgIpc) is 2.84. The molecule has 0 saturated carbocycles. The number of amides is 1. The van der Waals surface area contributed by atoms with Gasteiger partial charge in [-0.1, -0.05) is 35.9 Å². The van der Waals surface area contributed by atoms with Crippen molar-refractivity contribution in [1.29, 1.82) is 0 Å². The second-order valence-electron chi connectivity index (χ2n) is 9.16. The van der Waals surface area contributed by atoms with E-state index < -0.39 is 27.9 Å². The van der Waals surface area contributed by atoms with Crippen LogP contribution in [0.15, 0.2) is 53.4 Å². The first-order chi connectivity index (χ1) is 17.9. The van der Waals surface area contributed by atoms with Gasteiger partial charge in [0.15, 0.2) is 0 Å². The SMILES string of the molecule is COC(=O)[C@H](CCN)NC(=O)c1c(C)cc(-c2cccc(NS(=O)(=O)c3cc(C)c(Cl)cc3C)c2)cc1C. The lowest BCUT2D eigenvalue weighted by molar-refractivity contribution is -0.143. The maximum atomic E-state index is 13.1. The Morgan fingerprint density at radius 1 is 0.947 bits per heavy atom. The third-order valence-corrected chi connectivity index (χ3v) is 8.13. The molecule has 202 valence electrons. The van der Waals surface area contributed by atoms with Crippen molar-refractivity contribution >= 4 is 39.2 Å². The normalized spacial score (nSPS) is 12.1. The van der Waals surface area contributed by atoms with E-state index in [1.165, 1.54) is 7.11 Å². The van der Waals surface area contributed by atoms with Gasteiger partial charge in [0, 0.05) is 16.3 Å². The van der Waals surface area contributed by atoms with Crippen molar-refractivity contribution in [2.45, 2.75) is 45.1 Å². The number of nitrogens with one attached hydrogen (secondary N) is 2. The Morgan fingerprint density at radius 2 is 1.61 bits per heavy atom. The van der Waals surface area contributed by atoms with E-state index in [4.69, 9.17) is 22.1 Å². The van der Waals surface area contributed by atoms with Crippen LogP contribution in [0.5, 0.6) is 0 Å². The third-order valence-electron chi connectivity index (χ3n) is 6.20. The summed E-state index contributed by atoms with van der Waals surface area (Å²) in [5.41, 5.74) is 10.6. The molecule has 38 heavy (non-hydrogen) atoms. The maximum Gasteiger partial charge on any atom is 0.328 e. The highest BCUT2D eigenvalue weighted by atomic mass is 35.5. The summed E-state index contributed by atoms with van der Waals surface area (Å²) < 4.78 is 33.7. The minimum Gasteiger partial charge on any atom is -0.467 e. The number of carbonyl (C=O) groups is 2. The first-order valence-corrected chi connectivity index (χ1v) is 13.8. The molecule has 0 saturated heterocycles. The number of halogens is 1. The highest BCUT2D eigenvalue weighted by molar-refractivity contribution is 7.92. The molecule has 0 aromatic heterocycles. The second kappa shape index (κ2) is 12.0. The van der Waals surface area contributed by atoms with Crippen LogP contribution in [0, 0.1) is 27.7 Å². The highest BCUT2D eigenvalue weighted by Crippen LogP contribution is 2.30. The van der Waals surface area contributed by atoms with Crippen LogP contribution in [0.2, 0.25) is 5.02 Å². The molecule has 0 fully saturated rings. The number of sulfonamides is 1. The van der Waals surface area contributed by atoms with E-state index in [1.807, 2.05) is 18.2 Å². The summed E-state index contributed by atoms with van der Waals surface area (Å²) in [6.07, 6.45) is 0.256. The van der Waals surface area contributed by atoms with E-state index >= 15 is 0 Å². The third kappa shape index (κ3) is 6.53. The van der Waals surface area contributed by atoms with Crippen molar-refractivity contribution in [3.8, 4) is 11.1 Å². The van der Waals surface area contributed by atoms with E-state index in [1.54, 1.807) is 58.0 Å². The van der Waals surface area contributed by atoms with Crippen molar-refractivity contribution in [1.82, 2.24) is 5.32 Å². The molecular formula is C28H32ClN3O5S. The summed E-state index contributed by atoms with van der Waals surface area (Å²) in [7, 11) is -2.59. The predicted molar refractivity (Wildman–Crippen MR) is 150 cm³/mol. The van der Waals surface area contributed by atoms with Gasteiger partial charge in [-0.25, -0.2) is 13.2 Å². The monoisotopic (exact) mass is 557 g/mol. The van der Waals surface area contributed by atoms with Gasteiger partial charge in [0.25, 0.3) is 15.9 Å². The molecule has 1 amide bonds. The smallest absolute Gasteiger partial charge is 0.328 e. The molecule has 1 atom stereocenters. The average molecular weight is 558 g/mol. The minimum atomic E-state index is -3.85. The predicted octanol–water partition coefficient (Wildman–Crippen LogP) is 4.66. The summed E-state index contributed by atoms with van der Waals surface area (Å²) in [5.74, 6) is -0.954. The van der Waals surface area contributed by atoms with Crippen LogP contribution in [0.1, 0.15) is 39.0 Å². The topological polar surface area (TPSA) is 128 Å². The van der Waals surface area contributed by atoms with Gasteiger partial charge in [0.05, 0.1) is 12.0 Å². The fourth-order valence-electron chi connectivity index (χ4n) is 4.29. The Hall–Kier alpha value is -3.40. The number of esters is 1. The molecule has 3 aromatic carbocycles. The second-order valence-corrected chi connectivity index (χ2v) is 11.2. The van der Waals surface area contributed by atoms with Gasteiger partial charge >= 0.3 is 5.97 Å². The number of benzene rings is 3. The van der Waals surface area contributed by atoms with Crippen LogP contribution in [-0.4, -0.2) is 40.0 Å².